The van der Waals surface area contributed by atoms with Crippen molar-refractivity contribution in [2.45, 2.75) is 0 Å². The second-order valence-corrected chi connectivity index (χ2v) is 3.44. The van der Waals surface area contributed by atoms with E-state index in [2.05, 4.69) is 15.9 Å². The number of benzene rings is 1. The zero-order valence-electron chi connectivity index (χ0n) is 8.08. The Morgan fingerprint density at radius 2 is 1.86 bits per heavy atom. The molecule has 2 N–H and O–H groups in total. The molecule has 0 bridgehead atoms. The molecular weight excluding hydrogens is 246 g/mol. The Bertz CT molecular complexity index is 350. The predicted molar refractivity (Wildman–Crippen MR) is 60.5 cm³/mol. The molecule has 0 fully saturated rings. The van der Waals surface area contributed by atoms with Crippen molar-refractivity contribution in [3.05, 3.63) is 28.4 Å². The lowest BCUT2D eigenvalue weighted by atomic mass is 10.2. The highest BCUT2D eigenvalue weighted by molar-refractivity contribution is 9.10. The summed E-state index contributed by atoms with van der Waals surface area (Å²) in [6, 6.07) is 3.69. The summed E-state index contributed by atoms with van der Waals surface area (Å²) in [6.45, 7) is 0. The molecule has 4 heteroatoms. The van der Waals surface area contributed by atoms with E-state index in [1.807, 2.05) is 12.1 Å². The van der Waals surface area contributed by atoms with E-state index >= 15 is 0 Å². The fourth-order valence-corrected chi connectivity index (χ4v) is 1.60. The van der Waals surface area contributed by atoms with Crippen LogP contribution in [0.3, 0.4) is 0 Å². The molecule has 0 spiro atoms. The van der Waals surface area contributed by atoms with Crippen LogP contribution in [-0.4, -0.2) is 14.2 Å². The summed E-state index contributed by atoms with van der Waals surface area (Å²) >= 11 is 3.37. The molecule has 0 aromatic heterocycles. The maximum atomic E-state index is 5.33. The second-order valence-electron chi connectivity index (χ2n) is 2.59. The van der Waals surface area contributed by atoms with Crippen molar-refractivity contribution in [3.8, 4) is 11.5 Å². The molecule has 14 heavy (non-hydrogen) atoms. The molecule has 0 saturated heterocycles. The molecule has 0 unspecified atom stereocenters. The smallest absolute Gasteiger partial charge is 0.133 e. The molecule has 1 aromatic carbocycles. The number of hydrogen-bond donors (Lipinski definition) is 1. The zero-order valence-corrected chi connectivity index (χ0v) is 9.67. The van der Waals surface area contributed by atoms with Gasteiger partial charge in [0, 0.05) is 5.56 Å². The van der Waals surface area contributed by atoms with Crippen LogP contribution in [0.1, 0.15) is 5.56 Å². The standard InChI is InChI=1S/C10H12BrNO2/c1-13-9-6-8(11)10(14-2)5-7(9)3-4-12/h3-6H,12H2,1-2H3/b4-3+. The highest BCUT2D eigenvalue weighted by atomic mass is 79.9. The van der Waals surface area contributed by atoms with Gasteiger partial charge in [0.2, 0.25) is 0 Å². The van der Waals surface area contributed by atoms with E-state index in [9.17, 15) is 0 Å². The first kappa shape index (κ1) is 10.9. The van der Waals surface area contributed by atoms with Crippen molar-refractivity contribution in [1.29, 1.82) is 0 Å². The molecule has 0 amide bonds. The van der Waals surface area contributed by atoms with E-state index in [-0.39, 0.29) is 0 Å². The maximum Gasteiger partial charge on any atom is 0.133 e. The summed E-state index contributed by atoms with van der Waals surface area (Å²) in [4.78, 5) is 0. The molecule has 0 aliphatic heterocycles. The van der Waals surface area contributed by atoms with E-state index in [1.54, 1.807) is 20.3 Å². The lowest BCUT2D eigenvalue weighted by molar-refractivity contribution is 0.400. The minimum Gasteiger partial charge on any atom is -0.496 e. The van der Waals surface area contributed by atoms with Crippen LogP contribution in [0.2, 0.25) is 0 Å². The van der Waals surface area contributed by atoms with Crippen molar-refractivity contribution in [1.82, 2.24) is 0 Å². The van der Waals surface area contributed by atoms with Crippen LogP contribution in [-0.2, 0) is 0 Å². The maximum absolute atomic E-state index is 5.33. The Morgan fingerprint density at radius 3 is 2.36 bits per heavy atom. The summed E-state index contributed by atoms with van der Waals surface area (Å²) in [5, 5.41) is 0. The topological polar surface area (TPSA) is 44.5 Å². The molecule has 3 nitrogen and oxygen atoms in total. The largest absolute Gasteiger partial charge is 0.496 e. The van der Waals surface area contributed by atoms with Gasteiger partial charge in [0.05, 0.1) is 18.7 Å². The Hall–Kier alpha value is -1.16. The zero-order chi connectivity index (χ0) is 10.6. The highest BCUT2D eigenvalue weighted by Crippen LogP contribution is 2.33. The minimum atomic E-state index is 0.749. The van der Waals surface area contributed by atoms with E-state index in [1.165, 1.54) is 6.20 Å². The van der Waals surface area contributed by atoms with Gasteiger partial charge in [-0.1, -0.05) is 0 Å². The van der Waals surface area contributed by atoms with E-state index in [0.29, 0.717) is 0 Å². The molecular formula is C10H12BrNO2. The quantitative estimate of drug-likeness (QED) is 0.905. The van der Waals surface area contributed by atoms with Gasteiger partial charge in [-0.2, -0.15) is 0 Å². The van der Waals surface area contributed by atoms with Crippen LogP contribution in [0.15, 0.2) is 22.8 Å². The number of halogens is 1. The van der Waals surface area contributed by atoms with E-state index < -0.39 is 0 Å². The second kappa shape index (κ2) is 4.91. The first-order valence-electron chi connectivity index (χ1n) is 4.02. The highest BCUT2D eigenvalue weighted by Gasteiger charge is 2.06. The lowest BCUT2D eigenvalue weighted by Crippen LogP contribution is -1.91. The van der Waals surface area contributed by atoms with Crippen molar-refractivity contribution in [2.24, 2.45) is 5.73 Å². The Kier molecular flexibility index (Phi) is 3.83. The SMILES string of the molecule is COc1cc(/C=C/N)c(OC)cc1Br. The van der Waals surface area contributed by atoms with Gasteiger partial charge in [-0.15, -0.1) is 0 Å². The fraction of sp³-hybridized carbons (Fsp3) is 0.200. The lowest BCUT2D eigenvalue weighted by Gasteiger charge is -2.09. The summed E-state index contributed by atoms with van der Waals surface area (Å²) < 4.78 is 11.2. The number of ether oxygens (including phenoxy) is 2. The van der Waals surface area contributed by atoms with Crippen LogP contribution >= 0.6 is 15.9 Å². The van der Waals surface area contributed by atoms with Crippen LogP contribution in [0.25, 0.3) is 6.08 Å². The van der Waals surface area contributed by atoms with Crippen LogP contribution in [0, 0.1) is 0 Å². The Balaban J connectivity index is 3.24. The van der Waals surface area contributed by atoms with Gasteiger partial charge in [0.1, 0.15) is 11.5 Å². The van der Waals surface area contributed by atoms with Gasteiger partial charge in [0.15, 0.2) is 0 Å². The molecule has 76 valence electrons. The van der Waals surface area contributed by atoms with Gasteiger partial charge in [-0.05, 0) is 40.3 Å². The third-order valence-electron chi connectivity index (χ3n) is 1.78. The Morgan fingerprint density at radius 1 is 1.21 bits per heavy atom. The van der Waals surface area contributed by atoms with Crippen molar-refractivity contribution in [3.63, 3.8) is 0 Å². The van der Waals surface area contributed by atoms with Gasteiger partial charge < -0.3 is 15.2 Å². The molecule has 1 rings (SSSR count). The summed E-state index contributed by atoms with van der Waals surface area (Å²) in [6.07, 6.45) is 3.22. The van der Waals surface area contributed by atoms with Gasteiger partial charge in [0.25, 0.3) is 0 Å². The summed E-state index contributed by atoms with van der Waals surface area (Å²) in [7, 11) is 3.23. The van der Waals surface area contributed by atoms with Crippen molar-refractivity contribution in [2.75, 3.05) is 14.2 Å². The molecule has 0 atom stereocenters. The van der Waals surface area contributed by atoms with Gasteiger partial charge >= 0.3 is 0 Å². The monoisotopic (exact) mass is 257 g/mol. The average Bonchev–Trinajstić information content (AvgIpc) is 2.20. The molecule has 0 aliphatic carbocycles. The van der Waals surface area contributed by atoms with Crippen molar-refractivity contribution < 1.29 is 9.47 Å². The third-order valence-corrected chi connectivity index (χ3v) is 2.40. The Labute approximate surface area is 91.6 Å². The summed E-state index contributed by atoms with van der Waals surface area (Å²) in [5.74, 6) is 1.50. The van der Waals surface area contributed by atoms with Gasteiger partial charge in [-0.3, -0.25) is 0 Å². The first-order chi connectivity index (χ1) is 6.72. The van der Waals surface area contributed by atoms with Crippen LogP contribution < -0.4 is 15.2 Å². The fourth-order valence-electron chi connectivity index (χ4n) is 1.12. The molecule has 1 aromatic rings. The molecule has 0 aliphatic rings. The van der Waals surface area contributed by atoms with Gasteiger partial charge in [-0.25, -0.2) is 0 Å². The summed E-state index contributed by atoms with van der Waals surface area (Å²) in [5.41, 5.74) is 6.21. The molecule has 0 radical (unpaired) electrons. The predicted octanol–water partition coefficient (Wildman–Crippen LogP) is 2.40. The van der Waals surface area contributed by atoms with Crippen LogP contribution in [0.5, 0.6) is 11.5 Å². The number of nitrogens with two attached hydrogens (primary N) is 1. The normalized spacial score (nSPS) is 10.5. The number of hydrogen-bond acceptors (Lipinski definition) is 3. The molecule has 0 saturated carbocycles. The van der Waals surface area contributed by atoms with Crippen LogP contribution in [0.4, 0.5) is 0 Å². The minimum absolute atomic E-state index is 0.749. The average molecular weight is 258 g/mol. The first-order valence-corrected chi connectivity index (χ1v) is 4.82. The third kappa shape index (κ3) is 2.20. The molecule has 0 heterocycles. The van der Waals surface area contributed by atoms with E-state index in [0.717, 1.165) is 21.5 Å². The van der Waals surface area contributed by atoms with Crippen molar-refractivity contribution >= 4 is 22.0 Å². The number of methoxy groups -OCH3 is 2. The van der Waals surface area contributed by atoms with E-state index in [4.69, 9.17) is 15.2 Å². The number of rotatable bonds is 3.